The summed E-state index contributed by atoms with van der Waals surface area (Å²) in [4.78, 5) is 34.0. The molecule has 0 aliphatic heterocycles. The Kier molecular flexibility index (Phi) is 5.31. The Morgan fingerprint density at radius 2 is 2.00 bits per heavy atom. The molecule has 3 N–H and O–H groups in total. The van der Waals surface area contributed by atoms with E-state index in [-0.39, 0.29) is 19.0 Å². The molecule has 1 aromatic rings. The van der Waals surface area contributed by atoms with Crippen LogP contribution in [-0.2, 0) is 20.9 Å². The van der Waals surface area contributed by atoms with E-state index in [4.69, 9.17) is 10.5 Å². The number of nitrogens with one attached hydrogen (secondary N) is 1. The first-order valence-electron chi connectivity index (χ1n) is 6.25. The Morgan fingerprint density at radius 3 is 2.55 bits per heavy atom. The van der Waals surface area contributed by atoms with Crippen molar-refractivity contribution in [3.8, 4) is 0 Å². The maximum absolute atomic E-state index is 11.7. The summed E-state index contributed by atoms with van der Waals surface area (Å²) in [5, 5.41) is 2.40. The van der Waals surface area contributed by atoms with Crippen molar-refractivity contribution in [3.05, 3.63) is 23.0 Å². The van der Waals surface area contributed by atoms with Crippen molar-refractivity contribution in [1.82, 2.24) is 9.88 Å². The van der Waals surface area contributed by atoms with Crippen molar-refractivity contribution >= 4 is 17.8 Å². The number of hydrogen-bond acceptors (Lipinski definition) is 4. The highest BCUT2D eigenvalue weighted by Crippen LogP contribution is 2.16. The van der Waals surface area contributed by atoms with Gasteiger partial charge in [-0.2, -0.15) is 0 Å². The quantitative estimate of drug-likeness (QED) is 0.709. The van der Waals surface area contributed by atoms with E-state index in [1.165, 1.54) is 0 Å². The molecule has 0 unspecified atom stereocenters. The normalized spacial score (nSPS) is 10.2. The van der Waals surface area contributed by atoms with Gasteiger partial charge in [0.25, 0.3) is 0 Å². The van der Waals surface area contributed by atoms with Crippen LogP contribution >= 0.6 is 0 Å². The highest BCUT2D eigenvalue weighted by molar-refractivity contribution is 5.91. The molecule has 0 fully saturated rings. The van der Waals surface area contributed by atoms with Crippen LogP contribution in [0.1, 0.15) is 28.7 Å². The Labute approximate surface area is 117 Å². The van der Waals surface area contributed by atoms with E-state index in [0.29, 0.717) is 17.9 Å². The van der Waals surface area contributed by atoms with E-state index >= 15 is 0 Å². The van der Waals surface area contributed by atoms with Crippen LogP contribution in [-0.4, -0.2) is 35.5 Å². The number of amides is 2. The summed E-state index contributed by atoms with van der Waals surface area (Å²) in [5.74, 6) is -1.36. The monoisotopic (exact) mass is 281 g/mol. The second-order valence-electron chi connectivity index (χ2n) is 4.33. The zero-order valence-electron chi connectivity index (χ0n) is 11.9. The topological polar surface area (TPSA) is 103 Å². The second kappa shape index (κ2) is 6.74. The van der Waals surface area contributed by atoms with Gasteiger partial charge in [0.1, 0.15) is 6.54 Å². The first-order chi connectivity index (χ1) is 9.36. The van der Waals surface area contributed by atoms with Gasteiger partial charge < -0.3 is 20.4 Å². The van der Waals surface area contributed by atoms with Crippen LogP contribution in [0.15, 0.2) is 6.07 Å². The molecule has 0 saturated carbocycles. The summed E-state index contributed by atoms with van der Waals surface area (Å²) >= 11 is 0. The molecular weight excluding hydrogens is 262 g/mol. The number of aromatic nitrogens is 1. The molecule has 0 atom stereocenters. The molecule has 0 aliphatic rings. The molecule has 0 bridgehead atoms. The van der Waals surface area contributed by atoms with Crippen LogP contribution < -0.4 is 11.1 Å². The summed E-state index contributed by atoms with van der Waals surface area (Å²) in [6.07, 6.45) is 0. The third-order valence-electron chi connectivity index (χ3n) is 2.83. The zero-order chi connectivity index (χ0) is 15.3. The van der Waals surface area contributed by atoms with Crippen LogP contribution in [0.4, 0.5) is 0 Å². The summed E-state index contributed by atoms with van der Waals surface area (Å²) in [5.41, 5.74) is 6.80. The molecular formula is C13H19N3O4. The lowest BCUT2D eigenvalue weighted by molar-refractivity contribution is -0.125. The number of primary amides is 1. The summed E-state index contributed by atoms with van der Waals surface area (Å²) in [6, 6.07) is 1.68. The van der Waals surface area contributed by atoms with Gasteiger partial charge in [0.05, 0.1) is 18.7 Å². The summed E-state index contributed by atoms with van der Waals surface area (Å²) in [7, 11) is 0. The number of ether oxygens (including phenoxy) is 1. The van der Waals surface area contributed by atoms with E-state index in [9.17, 15) is 14.4 Å². The predicted molar refractivity (Wildman–Crippen MR) is 72.1 cm³/mol. The van der Waals surface area contributed by atoms with Crippen molar-refractivity contribution in [2.45, 2.75) is 27.3 Å². The van der Waals surface area contributed by atoms with Gasteiger partial charge in [-0.1, -0.05) is 0 Å². The van der Waals surface area contributed by atoms with Crippen molar-refractivity contribution in [2.24, 2.45) is 5.73 Å². The Morgan fingerprint density at radius 1 is 1.35 bits per heavy atom. The molecule has 0 aromatic carbocycles. The van der Waals surface area contributed by atoms with Crippen molar-refractivity contribution in [1.29, 1.82) is 0 Å². The number of nitrogens with two attached hydrogens (primary N) is 1. The molecule has 7 nitrogen and oxygen atoms in total. The average Bonchev–Trinajstić information content (AvgIpc) is 2.64. The SMILES string of the molecule is CCOC(=O)c1cc(C)n(CC(=O)NCC(N)=O)c1C. The number of nitrogens with zero attached hydrogens (tertiary/aromatic N) is 1. The van der Waals surface area contributed by atoms with E-state index in [1.54, 1.807) is 31.4 Å². The van der Waals surface area contributed by atoms with E-state index in [0.717, 1.165) is 5.69 Å². The van der Waals surface area contributed by atoms with Gasteiger partial charge in [0, 0.05) is 11.4 Å². The Balaban J connectivity index is 2.83. The predicted octanol–water partition coefficient (Wildman–Crippen LogP) is -0.117. The fourth-order valence-corrected chi connectivity index (χ4v) is 1.85. The molecule has 0 saturated heterocycles. The van der Waals surface area contributed by atoms with Crippen LogP contribution in [0.3, 0.4) is 0 Å². The third-order valence-corrected chi connectivity index (χ3v) is 2.83. The molecule has 2 amide bonds. The van der Waals surface area contributed by atoms with E-state index in [1.807, 2.05) is 0 Å². The molecule has 0 radical (unpaired) electrons. The first kappa shape index (κ1) is 15.7. The highest BCUT2D eigenvalue weighted by Gasteiger charge is 2.18. The van der Waals surface area contributed by atoms with Gasteiger partial charge in [0.15, 0.2) is 0 Å². The lowest BCUT2D eigenvalue weighted by atomic mass is 10.2. The lowest BCUT2D eigenvalue weighted by Gasteiger charge is -2.09. The standard InChI is InChI=1S/C13H19N3O4/c1-4-20-13(19)10-5-8(2)16(9(10)3)7-12(18)15-6-11(14)17/h5H,4,6-7H2,1-3H3,(H2,14,17)(H,15,18). The number of aryl methyl sites for hydroxylation is 1. The number of rotatable bonds is 6. The van der Waals surface area contributed by atoms with Gasteiger partial charge in [-0.25, -0.2) is 4.79 Å². The number of carbonyl (C=O) groups is 3. The highest BCUT2D eigenvalue weighted by atomic mass is 16.5. The largest absolute Gasteiger partial charge is 0.462 e. The van der Waals surface area contributed by atoms with Crippen LogP contribution in [0, 0.1) is 13.8 Å². The van der Waals surface area contributed by atoms with Gasteiger partial charge in [-0.15, -0.1) is 0 Å². The molecule has 20 heavy (non-hydrogen) atoms. The number of hydrogen-bond donors (Lipinski definition) is 2. The summed E-state index contributed by atoms with van der Waals surface area (Å²) < 4.78 is 6.63. The molecule has 7 heteroatoms. The molecule has 1 heterocycles. The van der Waals surface area contributed by atoms with Gasteiger partial charge in [0.2, 0.25) is 11.8 Å². The van der Waals surface area contributed by atoms with Crippen molar-refractivity contribution in [2.75, 3.05) is 13.2 Å². The van der Waals surface area contributed by atoms with Crippen LogP contribution in [0.25, 0.3) is 0 Å². The fraction of sp³-hybridized carbons (Fsp3) is 0.462. The molecule has 1 rings (SSSR count). The number of esters is 1. The third kappa shape index (κ3) is 3.84. The Hall–Kier alpha value is -2.31. The van der Waals surface area contributed by atoms with Crippen LogP contribution in [0.2, 0.25) is 0 Å². The van der Waals surface area contributed by atoms with Crippen LogP contribution in [0.5, 0.6) is 0 Å². The summed E-state index contributed by atoms with van der Waals surface area (Å²) in [6.45, 7) is 5.36. The number of carbonyl (C=O) groups excluding carboxylic acids is 3. The van der Waals surface area contributed by atoms with E-state index < -0.39 is 11.9 Å². The smallest absolute Gasteiger partial charge is 0.339 e. The lowest BCUT2D eigenvalue weighted by Crippen LogP contribution is -2.35. The fourth-order valence-electron chi connectivity index (χ4n) is 1.85. The maximum atomic E-state index is 11.7. The first-order valence-corrected chi connectivity index (χ1v) is 6.25. The molecule has 0 spiro atoms. The second-order valence-corrected chi connectivity index (χ2v) is 4.33. The van der Waals surface area contributed by atoms with Gasteiger partial charge in [-0.3, -0.25) is 9.59 Å². The minimum absolute atomic E-state index is 0.0182. The molecule has 110 valence electrons. The van der Waals surface area contributed by atoms with Gasteiger partial charge in [-0.05, 0) is 26.8 Å². The van der Waals surface area contributed by atoms with E-state index in [2.05, 4.69) is 5.32 Å². The zero-order valence-corrected chi connectivity index (χ0v) is 11.9. The maximum Gasteiger partial charge on any atom is 0.339 e. The Bertz CT molecular complexity index is 534. The average molecular weight is 281 g/mol. The minimum Gasteiger partial charge on any atom is -0.462 e. The molecule has 1 aromatic heterocycles. The van der Waals surface area contributed by atoms with Crippen molar-refractivity contribution < 1.29 is 19.1 Å². The van der Waals surface area contributed by atoms with Gasteiger partial charge >= 0.3 is 5.97 Å². The molecule has 0 aliphatic carbocycles. The minimum atomic E-state index is -0.605. The van der Waals surface area contributed by atoms with Crippen molar-refractivity contribution in [3.63, 3.8) is 0 Å².